The second-order valence-electron chi connectivity index (χ2n) is 5.04. The highest BCUT2D eigenvalue weighted by molar-refractivity contribution is 5.91. The summed E-state index contributed by atoms with van der Waals surface area (Å²) in [5, 5.41) is 19.8. The molecule has 21 heavy (non-hydrogen) atoms. The van der Waals surface area contributed by atoms with E-state index in [0.717, 1.165) is 6.42 Å². The van der Waals surface area contributed by atoms with Gasteiger partial charge in [-0.15, -0.1) is 0 Å². The van der Waals surface area contributed by atoms with Crippen molar-refractivity contribution in [2.45, 2.75) is 31.6 Å². The maximum absolute atomic E-state index is 12.3. The lowest BCUT2D eigenvalue weighted by molar-refractivity contribution is -0.152. The lowest BCUT2D eigenvalue weighted by Gasteiger charge is -2.39. The van der Waals surface area contributed by atoms with Gasteiger partial charge >= 0.3 is 0 Å². The predicted molar refractivity (Wildman–Crippen MR) is 76.4 cm³/mol. The Kier molecular flexibility index (Phi) is 5.55. The van der Waals surface area contributed by atoms with Crippen LogP contribution in [0.25, 0.3) is 6.08 Å². The van der Waals surface area contributed by atoms with Crippen molar-refractivity contribution in [1.29, 1.82) is 0 Å². The van der Waals surface area contributed by atoms with Crippen LogP contribution in [0.5, 0.6) is 0 Å². The zero-order valence-corrected chi connectivity index (χ0v) is 12.0. The molecule has 0 aromatic carbocycles. The van der Waals surface area contributed by atoms with Crippen LogP contribution in [-0.2, 0) is 9.53 Å². The molecular formula is C15H21NO5. The van der Waals surface area contributed by atoms with E-state index in [4.69, 9.17) is 9.15 Å². The molecule has 1 aromatic heterocycles. The molecule has 1 saturated heterocycles. The Bertz CT molecular complexity index is 470. The van der Waals surface area contributed by atoms with Crippen molar-refractivity contribution in [3.63, 3.8) is 0 Å². The summed E-state index contributed by atoms with van der Waals surface area (Å²) in [7, 11) is 0. The molecule has 6 heteroatoms. The van der Waals surface area contributed by atoms with Crippen molar-refractivity contribution < 1.29 is 24.2 Å². The maximum atomic E-state index is 12.3. The third kappa shape index (κ3) is 3.93. The monoisotopic (exact) mass is 295 g/mol. The fourth-order valence-corrected chi connectivity index (χ4v) is 2.35. The third-order valence-electron chi connectivity index (χ3n) is 3.45. The van der Waals surface area contributed by atoms with Crippen LogP contribution >= 0.6 is 0 Å². The van der Waals surface area contributed by atoms with E-state index in [0.29, 0.717) is 12.3 Å². The Hall–Kier alpha value is -1.63. The summed E-state index contributed by atoms with van der Waals surface area (Å²) in [6.45, 7) is 2.74. The smallest absolute Gasteiger partial charge is 0.247 e. The van der Waals surface area contributed by atoms with Gasteiger partial charge in [-0.25, -0.2) is 0 Å². The van der Waals surface area contributed by atoms with Crippen molar-refractivity contribution in [3.05, 3.63) is 30.2 Å². The molecule has 3 atom stereocenters. The van der Waals surface area contributed by atoms with E-state index in [9.17, 15) is 15.0 Å². The van der Waals surface area contributed by atoms with E-state index in [2.05, 4.69) is 0 Å². The molecule has 116 valence electrons. The third-order valence-corrected chi connectivity index (χ3v) is 3.45. The summed E-state index contributed by atoms with van der Waals surface area (Å²) in [4.78, 5) is 13.9. The number of carbonyl (C=O) groups excluding carboxylic acids is 1. The van der Waals surface area contributed by atoms with Crippen LogP contribution < -0.4 is 0 Å². The number of rotatable bonds is 5. The summed E-state index contributed by atoms with van der Waals surface area (Å²) in [6, 6.07) is 2.95. The topological polar surface area (TPSA) is 83.1 Å². The van der Waals surface area contributed by atoms with Crippen molar-refractivity contribution in [2.24, 2.45) is 0 Å². The lowest BCUT2D eigenvalue weighted by Crippen LogP contribution is -2.57. The number of furan rings is 1. The Balaban J connectivity index is 2.08. The number of hydrogen-bond acceptors (Lipinski definition) is 5. The summed E-state index contributed by atoms with van der Waals surface area (Å²) in [6.07, 6.45) is 3.30. The minimum absolute atomic E-state index is 0.0913. The lowest BCUT2D eigenvalue weighted by atomic mass is 10.0. The SMILES string of the molecule is CCCN(C(=O)/C=C/c1ccco1)[C@@H]1COC[C@@H](O)[C@H]1O. The van der Waals surface area contributed by atoms with Gasteiger partial charge in [0.15, 0.2) is 0 Å². The molecular weight excluding hydrogens is 274 g/mol. The summed E-state index contributed by atoms with van der Waals surface area (Å²) in [5.74, 6) is 0.343. The molecule has 0 spiro atoms. The minimum atomic E-state index is -0.994. The van der Waals surface area contributed by atoms with Crippen molar-refractivity contribution in [3.8, 4) is 0 Å². The Labute approximate surface area is 123 Å². The molecule has 0 saturated carbocycles. The zero-order valence-electron chi connectivity index (χ0n) is 12.0. The first-order valence-electron chi connectivity index (χ1n) is 7.09. The zero-order chi connectivity index (χ0) is 15.2. The number of nitrogens with zero attached hydrogens (tertiary/aromatic N) is 1. The van der Waals surface area contributed by atoms with Crippen LogP contribution in [0.4, 0.5) is 0 Å². The minimum Gasteiger partial charge on any atom is -0.465 e. The molecule has 2 N–H and O–H groups in total. The summed E-state index contributed by atoms with van der Waals surface area (Å²) in [5.41, 5.74) is 0. The van der Waals surface area contributed by atoms with E-state index in [-0.39, 0.29) is 19.1 Å². The average Bonchev–Trinajstić information content (AvgIpc) is 2.99. The van der Waals surface area contributed by atoms with Crippen LogP contribution in [0.2, 0.25) is 0 Å². The second kappa shape index (κ2) is 7.40. The van der Waals surface area contributed by atoms with E-state index >= 15 is 0 Å². The van der Waals surface area contributed by atoms with Gasteiger partial charge in [0.25, 0.3) is 0 Å². The van der Waals surface area contributed by atoms with Gasteiger partial charge in [0.1, 0.15) is 18.0 Å². The molecule has 2 rings (SSSR count). The molecule has 1 aliphatic heterocycles. The molecule has 2 heterocycles. The van der Waals surface area contributed by atoms with Crippen LogP contribution in [-0.4, -0.2) is 59.0 Å². The van der Waals surface area contributed by atoms with Crippen molar-refractivity contribution in [1.82, 2.24) is 4.90 Å². The van der Waals surface area contributed by atoms with Gasteiger partial charge in [-0.2, -0.15) is 0 Å². The molecule has 0 aliphatic carbocycles. The first kappa shape index (κ1) is 15.8. The first-order valence-corrected chi connectivity index (χ1v) is 7.09. The first-order chi connectivity index (χ1) is 10.1. The normalized spacial score (nSPS) is 26.1. The van der Waals surface area contributed by atoms with Crippen LogP contribution in [0, 0.1) is 0 Å². The highest BCUT2D eigenvalue weighted by Crippen LogP contribution is 2.16. The molecule has 6 nitrogen and oxygen atoms in total. The van der Waals surface area contributed by atoms with Gasteiger partial charge in [-0.1, -0.05) is 6.92 Å². The number of hydrogen-bond donors (Lipinski definition) is 2. The molecule has 0 bridgehead atoms. The van der Waals surface area contributed by atoms with Gasteiger partial charge in [-0.05, 0) is 24.6 Å². The number of carbonyl (C=O) groups is 1. The predicted octanol–water partition coefficient (Wildman–Crippen LogP) is 0.652. The quantitative estimate of drug-likeness (QED) is 0.779. The van der Waals surface area contributed by atoms with Gasteiger partial charge in [0.2, 0.25) is 5.91 Å². The molecule has 1 aromatic rings. The molecule has 1 aliphatic rings. The maximum Gasteiger partial charge on any atom is 0.247 e. The van der Waals surface area contributed by atoms with E-state index < -0.39 is 18.2 Å². The highest BCUT2D eigenvalue weighted by atomic mass is 16.5. The van der Waals surface area contributed by atoms with Crippen molar-refractivity contribution in [2.75, 3.05) is 19.8 Å². The van der Waals surface area contributed by atoms with Crippen LogP contribution in [0.15, 0.2) is 28.9 Å². The van der Waals surface area contributed by atoms with E-state index in [1.807, 2.05) is 6.92 Å². The fourth-order valence-electron chi connectivity index (χ4n) is 2.35. The molecule has 1 fully saturated rings. The Morgan fingerprint density at radius 3 is 2.95 bits per heavy atom. The van der Waals surface area contributed by atoms with E-state index in [1.165, 1.54) is 17.2 Å². The fraction of sp³-hybridized carbons (Fsp3) is 0.533. The van der Waals surface area contributed by atoms with Gasteiger partial charge in [0, 0.05) is 12.6 Å². The van der Waals surface area contributed by atoms with Gasteiger partial charge in [0.05, 0.1) is 25.5 Å². The van der Waals surface area contributed by atoms with Crippen LogP contribution in [0.3, 0.4) is 0 Å². The molecule has 0 unspecified atom stereocenters. The van der Waals surface area contributed by atoms with Crippen LogP contribution in [0.1, 0.15) is 19.1 Å². The van der Waals surface area contributed by atoms with Gasteiger partial charge < -0.3 is 24.3 Å². The molecule has 1 amide bonds. The summed E-state index contributed by atoms with van der Waals surface area (Å²) >= 11 is 0. The Morgan fingerprint density at radius 1 is 1.48 bits per heavy atom. The number of aliphatic hydroxyl groups excluding tert-OH is 2. The van der Waals surface area contributed by atoms with E-state index in [1.54, 1.807) is 18.2 Å². The Morgan fingerprint density at radius 2 is 2.29 bits per heavy atom. The largest absolute Gasteiger partial charge is 0.465 e. The van der Waals surface area contributed by atoms with Gasteiger partial charge in [-0.3, -0.25) is 4.79 Å². The second-order valence-corrected chi connectivity index (χ2v) is 5.04. The summed E-state index contributed by atoms with van der Waals surface area (Å²) < 4.78 is 10.4. The molecule has 0 radical (unpaired) electrons. The standard InChI is InChI=1S/C15H21NO5/c1-2-7-16(12-9-20-10-13(17)15(12)19)14(18)6-5-11-4-3-8-21-11/h3-6,8,12-13,15,17,19H,2,7,9-10H2,1H3/b6-5+/t12-,13-,15+/m1/s1. The van der Waals surface area contributed by atoms with Crippen molar-refractivity contribution >= 4 is 12.0 Å². The number of ether oxygens (including phenoxy) is 1. The highest BCUT2D eigenvalue weighted by Gasteiger charge is 2.36. The number of amides is 1. The number of aliphatic hydroxyl groups is 2. The average molecular weight is 295 g/mol.